The molecule has 0 aliphatic carbocycles. The molecule has 2 aromatic heterocycles. The van der Waals surface area contributed by atoms with Crippen LogP contribution in [0.5, 0.6) is 0 Å². The summed E-state index contributed by atoms with van der Waals surface area (Å²) in [4.78, 5) is 22.8. The summed E-state index contributed by atoms with van der Waals surface area (Å²) in [6.45, 7) is 0.394. The van der Waals surface area contributed by atoms with Crippen LogP contribution in [0.2, 0.25) is 0 Å². The number of hydrogen-bond donors (Lipinski definition) is 0. The highest BCUT2D eigenvalue weighted by molar-refractivity contribution is 5.95. The average molecular weight is 434 g/mol. The number of fused-ring (bicyclic) bond motifs is 4. The predicted molar refractivity (Wildman–Crippen MR) is 96.0 cm³/mol. The first-order chi connectivity index (χ1) is 14.9. The molecule has 1 aromatic carbocycles. The average Bonchev–Trinajstić information content (AvgIpc) is 3.16. The second kappa shape index (κ2) is 7.08. The van der Waals surface area contributed by atoms with Crippen molar-refractivity contribution < 1.29 is 27.1 Å². The van der Waals surface area contributed by atoms with Gasteiger partial charge in [-0.3, -0.25) is 4.79 Å². The van der Waals surface area contributed by atoms with Gasteiger partial charge in [0, 0.05) is 18.9 Å². The molecule has 0 radical (unpaired) electrons. The first-order valence-electron chi connectivity index (χ1n) is 9.33. The quantitative estimate of drug-likeness (QED) is 0.576. The van der Waals surface area contributed by atoms with E-state index in [0.717, 1.165) is 12.1 Å². The Morgan fingerprint density at radius 1 is 1.10 bits per heavy atom. The van der Waals surface area contributed by atoms with Crippen molar-refractivity contribution in [1.82, 2.24) is 29.6 Å². The van der Waals surface area contributed by atoms with Gasteiger partial charge >= 0.3 is 6.18 Å². The summed E-state index contributed by atoms with van der Waals surface area (Å²) in [5.74, 6) is -1.31. The minimum absolute atomic E-state index is 0.0522. The maximum absolute atomic E-state index is 14.6. The molecule has 4 heterocycles. The van der Waals surface area contributed by atoms with E-state index < -0.39 is 41.1 Å². The zero-order chi connectivity index (χ0) is 21.8. The molecule has 1 fully saturated rings. The summed E-state index contributed by atoms with van der Waals surface area (Å²) >= 11 is 0. The van der Waals surface area contributed by atoms with Crippen molar-refractivity contribution in [2.24, 2.45) is 0 Å². The zero-order valence-electron chi connectivity index (χ0n) is 15.8. The minimum atomic E-state index is -4.91. The van der Waals surface area contributed by atoms with Gasteiger partial charge in [0.05, 0.1) is 30.4 Å². The third-order valence-corrected chi connectivity index (χ3v) is 5.32. The van der Waals surface area contributed by atoms with Crippen LogP contribution in [-0.4, -0.2) is 54.8 Å². The maximum atomic E-state index is 14.6. The van der Waals surface area contributed by atoms with Crippen LogP contribution in [0.15, 0.2) is 36.7 Å². The molecule has 31 heavy (non-hydrogen) atoms. The number of halogens is 4. The molecule has 2 bridgehead atoms. The molecule has 1 unspecified atom stereocenters. The van der Waals surface area contributed by atoms with E-state index >= 15 is 0 Å². The molecule has 2 atom stereocenters. The Bertz CT molecular complexity index is 1150. The standard InChI is InChI=1S/C19H14F4N6O2/c20-14-11(3-1-4-12(14)19(21,22)23)18(30)29-10-7-28-16(13(29)9-31-8-10)26-27-17(28)15-24-5-2-6-25-15/h1-6,10,13H,7-9H2/t10?,13-/m1/s1. The first-order valence-corrected chi connectivity index (χ1v) is 9.33. The fourth-order valence-electron chi connectivity index (χ4n) is 3.97. The number of rotatable bonds is 2. The molecule has 2 aliphatic heterocycles. The number of hydrogen-bond acceptors (Lipinski definition) is 6. The number of morpholine rings is 1. The van der Waals surface area contributed by atoms with Crippen LogP contribution >= 0.6 is 0 Å². The molecular weight excluding hydrogens is 420 g/mol. The van der Waals surface area contributed by atoms with E-state index in [2.05, 4.69) is 20.2 Å². The molecule has 160 valence electrons. The molecular formula is C19H14F4N6O2. The topological polar surface area (TPSA) is 86.0 Å². The number of alkyl halides is 3. The molecule has 0 N–H and O–H groups in total. The van der Waals surface area contributed by atoms with Gasteiger partial charge in [-0.05, 0) is 18.2 Å². The van der Waals surface area contributed by atoms with Gasteiger partial charge in [-0.1, -0.05) is 6.07 Å². The molecule has 12 heteroatoms. The Balaban J connectivity index is 1.55. The van der Waals surface area contributed by atoms with E-state index in [0.29, 0.717) is 23.5 Å². The van der Waals surface area contributed by atoms with Crippen LogP contribution in [0.25, 0.3) is 11.6 Å². The van der Waals surface area contributed by atoms with Gasteiger partial charge in [0.25, 0.3) is 5.91 Å². The fourth-order valence-corrected chi connectivity index (χ4v) is 3.97. The van der Waals surface area contributed by atoms with E-state index in [1.54, 1.807) is 23.0 Å². The second-order valence-electron chi connectivity index (χ2n) is 7.15. The van der Waals surface area contributed by atoms with Gasteiger partial charge in [-0.25, -0.2) is 14.4 Å². The summed E-state index contributed by atoms with van der Waals surface area (Å²) in [7, 11) is 0. The lowest BCUT2D eigenvalue weighted by atomic mass is 10.0. The van der Waals surface area contributed by atoms with E-state index in [9.17, 15) is 22.4 Å². The van der Waals surface area contributed by atoms with Crippen LogP contribution in [0.3, 0.4) is 0 Å². The molecule has 0 spiro atoms. The van der Waals surface area contributed by atoms with E-state index in [-0.39, 0.29) is 19.8 Å². The lowest BCUT2D eigenvalue weighted by Crippen LogP contribution is -2.56. The lowest BCUT2D eigenvalue weighted by molar-refractivity contribution is -0.140. The molecule has 2 aliphatic rings. The number of nitrogens with zero attached hydrogens (tertiary/aromatic N) is 6. The highest BCUT2D eigenvalue weighted by atomic mass is 19.4. The van der Waals surface area contributed by atoms with E-state index in [4.69, 9.17) is 4.74 Å². The van der Waals surface area contributed by atoms with Crippen molar-refractivity contribution in [3.8, 4) is 11.6 Å². The summed E-state index contributed by atoms with van der Waals surface area (Å²) in [5.41, 5.74) is -2.13. The van der Waals surface area contributed by atoms with Gasteiger partial charge in [0.1, 0.15) is 11.9 Å². The molecule has 1 saturated heterocycles. The van der Waals surface area contributed by atoms with Crippen molar-refractivity contribution >= 4 is 5.91 Å². The third kappa shape index (κ3) is 3.14. The van der Waals surface area contributed by atoms with Crippen LogP contribution in [0.4, 0.5) is 17.6 Å². The zero-order valence-corrected chi connectivity index (χ0v) is 15.8. The normalized spacial score (nSPS) is 20.5. The monoisotopic (exact) mass is 434 g/mol. The Kier molecular flexibility index (Phi) is 4.46. The van der Waals surface area contributed by atoms with Gasteiger partial charge in [0.15, 0.2) is 11.6 Å². The summed E-state index contributed by atoms with van der Waals surface area (Å²) in [6.07, 6.45) is -1.79. The molecule has 3 aromatic rings. The maximum Gasteiger partial charge on any atom is 0.419 e. The van der Waals surface area contributed by atoms with Crippen LogP contribution < -0.4 is 0 Å². The SMILES string of the molecule is O=C(c1cccc(C(F)(F)F)c1F)N1C2COC[C@@H]1c1nnc(-c3ncccn3)n1C2. The van der Waals surface area contributed by atoms with Crippen LogP contribution in [-0.2, 0) is 17.5 Å². The van der Waals surface area contributed by atoms with Crippen molar-refractivity contribution in [2.45, 2.75) is 24.8 Å². The number of amides is 1. The Labute approximate surface area is 172 Å². The highest BCUT2D eigenvalue weighted by Gasteiger charge is 2.45. The largest absolute Gasteiger partial charge is 0.419 e. The van der Waals surface area contributed by atoms with Crippen molar-refractivity contribution in [2.75, 3.05) is 13.2 Å². The Hall–Kier alpha value is -3.41. The van der Waals surface area contributed by atoms with Gasteiger partial charge in [-0.2, -0.15) is 13.2 Å². The second-order valence-corrected chi connectivity index (χ2v) is 7.15. The van der Waals surface area contributed by atoms with E-state index in [1.165, 1.54) is 4.90 Å². The summed E-state index contributed by atoms with van der Waals surface area (Å²) in [5, 5.41) is 8.28. The molecule has 1 amide bonds. The Morgan fingerprint density at radius 2 is 1.87 bits per heavy atom. The number of ether oxygens (including phenoxy) is 1. The molecule has 8 nitrogen and oxygen atoms in total. The fraction of sp³-hybridized carbons (Fsp3) is 0.316. The summed E-state index contributed by atoms with van der Waals surface area (Å²) in [6, 6.07) is 3.04. The highest BCUT2D eigenvalue weighted by Crippen LogP contribution is 2.37. The smallest absolute Gasteiger partial charge is 0.377 e. The van der Waals surface area contributed by atoms with Crippen molar-refractivity contribution in [3.63, 3.8) is 0 Å². The lowest BCUT2D eigenvalue weighted by Gasteiger charge is -2.45. The number of carbonyl (C=O) groups is 1. The van der Waals surface area contributed by atoms with Crippen LogP contribution in [0.1, 0.15) is 27.8 Å². The first kappa shape index (κ1) is 19.5. The van der Waals surface area contributed by atoms with Gasteiger partial charge in [-0.15, -0.1) is 10.2 Å². The predicted octanol–water partition coefficient (Wildman–Crippen LogP) is 2.49. The number of aromatic nitrogens is 5. The number of carbonyl (C=O) groups excluding carboxylic acids is 1. The van der Waals surface area contributed by atoms with Crippen molar-refractivity contribution in [1.29, 1.82) is 0 Å². The van der Waals surface area contributed by atoms with Gasteiger partial charge < -0.3 is 14.2 Å². The third-order valence-electron chi connectivity index (χ3n) is 5.32. The van der Waals surface area contributed by atoms with E-state index in [1.807, 2.05) is 0 Å². The molecule has 5 rings (SSSR count). The Morgan fingerprint density at radius 3 is 2.61 bits per heavy atom. The summed E-state index contributed by atoms with van der Waals surface area (Å²) < 4.78 is 61.3. The number of benzene rings is 1. The molecule has 0 saturated carbocycles. The van der Waals surface area contributed by atoms with Crippen LogP contribution in [0, 0.1) is 5.82 Å². The minimum Gasteiger partial charge on any atom is -0.377 e. The van der Waals surface area contributed by atoms with Gasteiger partial charge in [0.2, 0.25) is 5.82 Å². The van der Waals surface area contributed by atoms with Crippen molar-refractivity contribution in [3.05, 3.63) is 59.4 Å².